The number of phenolic OH excluding ortho intramolecular Hbond substituents is 1. The first kappa shape index (κ1) is 21.3. The number of phenols is 1. The van der Waals surface area contributed by atoms with Crippen LogP contribution in [0.25, 0.3) is 0 Å². The summed E-state index contributed by atoms with van der Waals surface area (Å²) < 4.78 is 5.31. The Kier molecular flexibility index (Phi) is 8.18. The highest BCUT2D eigenvalue weighted by Gasteiger charge is 2.23. The lowest BCUT2D eigenvalue weighted by atomic mass is 9.78. The Bertz CT molecular complexity index is 692. The van der Waals surface area contributed by atoms with Gasteiger partial charge in [0, 0.05) is 12.1 Å². The molecule has 2 atom stereocenters. The van der Waals surface area contributed by atoms with Crippen molar-refractivity contribution >= 4 is 0 Å². The minimum Gasteiger partial charge on any atom is -0.508 e. The van der Waals surface area contributed by atoms with Crippen LogP contribution in [0.3, 0.4) is 0 Å². The molecule has 2 aromatic rings. The van der Waals surface area contributed by atoms with E-state index in [0.717, 1.165) is 43.8 Å². The number of rotatable bonds is 10. The van der Waals surface area contributed by atoms with Crippen molar-refractivity contribution in [1.82, 2.24) is 4.90 Å². The van der Waals surface area contributed by atoms with E-state index >= 15 is 0 Å². The van der Waals surface area contributed by atoms with Crippen LogP contribution < -0.4 is 4.74 Å². The van der Waals surface area contributed by atoms with E-state index in [1.807, 2.05) is 18.2 Å². The normalized spacial score (nSPS) is 13.6. The summed E-state index contributed by atoms with van der Waals surface area (Å²) in [6.45, 7) is 11.6. The molecule has 0 saturated carbocycles. The molecule has 0 radical (unpaired) electrons. The number of ether oxygens (including phenoxy) is 1. The molecule has 0 spiro atoms. The first-order chi connectivity index (χ1) is 13.1. The van der Waals surface area contributed by atoms with Gasteiger partial charge in [-0.2, -0.15) is 0 Å². The van der Waals surface area contributed by atoms with Crippen molar-refractivity contribution in [2.75, 3.05) is 20.2 Å². The van der Waals surface area contributed by atoms with Gasteiger partial charge in [0.2, 0.25) is 0 Å². The molecule has 0 amide bonds. The van der Waals surface area contributed by atoms with Gasteiger partial charge in [0.15, 0.2) is 0 Å². The maximum absolute atomic E-state index is 10.4. The number of hydrogen-bond donors (Lipinski definition) is 1. The quantitative estimate of drug-likeness (QED) is 0.563. The second-order valence-electron chi connectivity index (χ2n) is 7.15. The van der Waals surface area contributed by atoms with Crippen LogP contribution >= 0.6 is 0 Å². The zero-order valence-corrected chi connectivity index (χ0v) is 17.5. The van der Waals surface area contributed by atoms with Gasteiger partial charge in [-0.1, -0.05) is 52.0 Å². The van der Waals surface area contributed by atoms with E-state index in [1.54, 1.807) is 7.11 Å². The number of benzene rings is 2. The van der Waals surface area contributed by atoms with E-state index in [-0.39, 0.29) is 0 Å². The van der Waals surface area contributed by atoms with Crippen LogP contribution in [0.15, 0.2) is 42.5 Å². The molecule has 3 heteroatoms. The average molecular weight is 370 g/mol. The molecule has 0 saturated heterocycles. The molecule has 0 heterocycles. The van der Waals surface area contributed by atoms with Crippen molar-refractivity contribution in [2.24, 2.45) is 0 Å². The second kappa shape index (κ2) is 10.4. The maximum atomic E-state index is 10.4. The van der Waals surface area contributed by atoms with E-state index in [0.29, 0.717) is 17.6 Å². The van der Waals surface area contributed by atoms with Crippen LogP contribution in [0.5, 0.6) is 11.5 Å². The van der Waals surface area contributed by atoms with Crippen LogP contribution in [0.1, 0.15) is 69.1 Å². The van der Waals surface area contributed by atoms with E-state index in [2.05, 4.69) is 56.9 Å². The SMILES string of the molecule is CCC(c1ccc(OC)cc1)C(CC)c1ccc(O)c(CN(CC)CC)c1. The maximum Gasteiger partial charge on any atom is 0.120 e. The van der Waals surface area contributed by atoms with Crippen LogP contribution in [-0.2, 0) is 6.54 Å². The molecule has 2 rings (SSSR count). The molecule has 27 heavy (non-hydrogen) atoms. The third-order valence-corrected chi connectivity index (χ3v) is 5.73. The molecule has 2 unspecified atom stereocenters. The van der Waals surface area contributed by atoms with Crippen molar-refractivity contribution in [2.45, 2.75) is 58.9 Å². The number of hydrogen-bond acceptors (Lipinski definition) is 3. The third kappa shape index (κ3) is 5.26. The molecule has 3 nitrogen and oxygen atoms in total. The fourth-order valence-electron chi connectivity index (χ4n) is 4.01. The summed E-state index contributed by atoms with van der Waals surface area (Å²) in [5, 5.41) is 10.4. The summed E-state index contributed by atoms with van der Waals surface area (Å²) in [6.07, 6.45) is 2.15. The monoisotopic (exact) mass is 369 g/mol. The van der Waals surface area contributed by atoms with Gasteiger partial charge in [-0.3, -0.25) is 4.90 Å². The lowest BCUT2D eigenvalue weighted by Crippen LogP contribution is -2.22. The Labute approximate surface area is 165 Å². The smallest absolute Gasteiger partial charge is 0.120 e. The Morgan fingerprint density at radius 1 is 0.852 bits per heavy atom. The van der Waals surface area contributed by atoms with Crippen molar-refractivity contribution < 1.29 is 9.84 Å². The molecule has 0 bridgehead atoms. The van der Waals surface area contributed by atoms with E-state index in [1.165, 1.54) is 11.1 Å². The van der Waals surface area contributed by atoms with Gasteiger partial charge in [0.1, 0.15) is 11.5 Å². The molecular weight excluding hydrogens is 334 g/mol. The standard InChI is InChI=1S/C24H35NO2/c1-6-22(18-10-13-21(27-5)14-11-18)23(7-2)19-12-15-24(26)20(16-19)17-25(8-3)9-4/h10-16,22-23,26H,6-9,17H2,1-5H3. The highest BCUT2D eigenvalue weighted by atomic mass is 16.5. The summed E-state index contributed by atoms with van der Waals surface area (Å²) >= 11 is 0. The first-order valence-corrected chi connectivity index (χ1v) is 10.3. The van der Waals surface area contributed by atoms with Crippen LogP contribution in [-0.4, -0.2) is 30.2 Å². The largest absolute Gasteiger partial charge is 0.508 e. The molecule has 0 aliphatic heterocycles. The highest BCUT2D eigenvalue weighted by molar-refractivity contribution is 5.40. The molecule has 148 valence electrons. The van der Waals surface area contributed by atoms with Crippen LogP contribution in [0.2, 0.25) is 0 Å². The zero-order valence-electron chi connectivity index (χ0n) is 17.5. The van der Waals surface area contributed by atoms with Crippen LogP contribution in [0, 0.1) is 0 Å². The minimum atomic E-state index is 0.401. The van der Waals surface area contributed by atoms with Gasteiger partial charge in [-0.25, -0.2) is 0 Å². The number of aromatic hydroxyl groups is 1. The lowest BCUT2D eigenvalue weighted by molar-refractivity contribution is 0.290. The van der Waals surface area contributed by atoms with Crippen molar-refractivity contribution in [1.29, 1.82) is 0 Å². The summed E-state index contributed by atoms with van der Waals surface area (Å²) in [4.78, 5) is 2.33. The highest BCUT2D eigenvalue weighted by Crippen LogP contribution is 2.39. The second-order valence-corrected chi connectivity index (χ2v) is 7.15. The fourth-order valence-corrected chi connectivity index (χ4v) is 4.01. The molecule has 2 aromatic carbocycles. The Morgan fingerprint density at radius 3 is 1.93 bits per heavy atom. The van der Waals surface area contributed by atoms with Gasteiger partial charge in [0.05, 0.1) is 7.11 Å². The molecule has 1 N–H and O–H groups in total. The Balaban J connectivity index is 2.33. The minimum absolute atomic E-state index is 0.401. The van der Waals surface area contributed by atoms with E-state index < -0.39 is 0 Å². The van der Waals surface area contributed by atoms with Crippen molar-refractivity contribution in [3.05, 3.63) is 59.2 Å². The number of methoxy groups -OCH3 is 1. The van der Waals surface area contributed by atoms with E-state index in [4.69, 9.17) is 4.74 Å². The van der Waals surface area contributed by atoms with Crippen LogP contribution in [0.4, 0.5) is 0 Å². The molecule has 0 fully saturated rings. The van der Waals surface area contributed by atoms with Crippen molar-refractivity contribution in [3.8, 4) is 11.5 Å². The predicted molar refractivity (Wildman–Crippen MR) is 114 cm³/mol. The van der Waals surface area contributed by atoms with Crippen molar-refractivity contribution in [3.63, 3.8) is 0 Å². The first-order valence-electron chi connectivity index (χ1n) is 10.3. The Hall–Kier alpha value is -2.00. The zero-order chi connectivity index (χ0) is 19.8. The van der Waals surface area contributed by atoms with Gasteiger partial charge < -0.3 is 9.84 Å². The Morgan fingerprint density at radius 2 is 1.41 bits per heavy atom. The predicted octanol–water partition coefficient (Wildman–Crippen LogP) is 5.93. The average Bonchev–Trinajstić information content (AvgIpc) is 2.71. The lowest BCUT2D eigenvalue weighted by Gasteiger charge is -2.27. The van der Waals surface area contributed by atoms with Gasteiger partial charge >= 0.3 is 0 Å². The topological polar surface area (TPSA) is 32.7 Å². The summed E-state index contributed by atoms with van der Waals surface area (Å²) in [7, 11) is 1.70. The van der Waals surface area contributed by atoms with Gasteiger partial charge in [-0.15, -0.1) is 0 Å². The summed E-state index contributed by atoms with van der Waals surface area (Å²) in [5.74, 6) is 2.18. The van der Waals surface area contributed by atoms with Gasteiger partial charge in [-0.05, 0) is 67.1 Å². The molecule has 0 aliphatic rings. The molecular formula is C24H35NO2. The molecule has 0 aliphatic carbocycles. The number of nitrogens with zero attached hydrogens (tertiary/aromatic N) is 1. The summed E-state index contributed by atoms with van der Waals surface area (Å²) in [6, 6.07) is 14.7. The molecule has 0 aromatic heterocycles. The summed E-state index contributed by atoms with van der Waals surface area (Å²) in [5.41, 5.74) is 3.70. The van der Waals surface area contributed by atoms with E-state index in [9.17, 15) is 5.11 Å². The van der Waals surface area contributed by atoms with Gasteiger partial charge in [0.25, 0.3) is 0 Å². The fraction of sp³-hybridized carbons (Fsp3) is 0.500. The third-order valence-electron chi connectivity index (χ3n) is 5.73.